The monoisotopic (exact) mass is 600 g/mol. The molecule has 0 spiro atoms. The molecule has 12 heteroatoms. The average molecular weight is 601 g/mol. The van der Waals surface area contributed by atoms with Crippen LogP contribution in [0.25, 0.3) is 10.2 Å². The summed E-state index contributed by atoms with van der Waals surface area (Å²) in [5.41, 5.74) is 2.51. The van der Waals surface area contributed by atoms with Gasteiger partial charge in [-0.2, -0.15) is 0 Å². The van der Waals surface area contributed by atoms with Crippen LogP contribution in [-0.2, 0) is 12.8 Å². The van der Waals surface area contributed by atoms with Crippen molar-refractivity contribution in [3.63, 3.8) is 0 Å². The fourth-order valence-electron chi connectivity index (χ4n) is 4.70. The Bertz CT molecular complexity index is 1810. The van der Waals surface area contributed by atoms with E-state index in [0.717, 1.165) is 33.8 Å². The number of halogens is 1. The summed E-state index contributed by atoms with van der Waals surface area (Å²) in [6.07, 6.45) is 2.60. The van der Waals surface area contributed by atoms with Crippen LogP contribution in [0.1, 0.15) is 46.3 Å². The number of para-hydroxylation sites is 1. The van der Waals surface area contributed by atoms with Crippen LogP contribution in [0.3, 0.4) is 0 Å². The third kappa shape index (κ3) is 5.88. The predicted molar refractivity (Wildman–Crippen MR) is 162 cm³/mol. The van der Waals surface area contributed by atoms with E-state index < -0.39 is 11.8 Å². The molecule has 5 aromatic rings. The van der Waals surface area contributed by atoms with Gasteiger partial charge in [0.05, 0.1) is 16.8 Å². The normalized spacial score (nSPS) is 12.5. The minimum absolute atomic E-state index is 0.0119. The standard InChI is InChI=1S/C30H25FN6O3S2/c1-2-7-18-12-13-22(20(31)16-18)40-15-6-11-24-26(28(38)39)34-30(42-24)37-14-5-8-19-17-25(35-36-27(19)37)33-29-32-21-9-3-4-10-23(21)41-29/h3-4,9-10,12-13,16-17H,5-6,8,11,14-15H2,1H3,(H,38,39)(H,32,33,35). The molecule has 0 saturated heterocycles. The first-order valence-electron chi connectivity index (χ1n) is 13.3. The zero-order valence-corrected chi connectivity index (χ0v) is 24.2. The lowest BCUT2D eigenvalue weighted by molar-refractivity contribution is 0.0690. The molecule has 6 rings (SSSR count). The van der Waals surface area contributed by atoms with E-state index in [1.165, 1.54) is 17.4 Å². The lowest BCUT2D eigenvalue weighted by atomic mass is 10.1. The third-order valence-electron chi connectivity index (χ3n) is 6.59. The van der Waals surface area contributed by atoms with E-state index in [9.17, 15) is 14.3 Å². The molecular weight excluding hydrogens is 576 g/mol. The van der Waals surface area contributed by atoms with E-state index in [1.807, 2.05) is 35.2 Å². The minimum Gasteiger partial charge on any atom is -0.491 e. The van der Waals surface area contributed by atoms with Gasteiger partial charge in [0.15, 0.2) is 39.2 Å². The number of aromatic carboxylic acids is 1. The topological polar surface area (TPSA) is 113 Å². The zero-order chi connectivity index (χ0) is 29.1. The first kappa shape index (κ1) is 27.6. The van der Waals surface area contributed by atoms with Crippen molar-refractivity contribution in [2.75, 3.05) is 23.4 Å². The Labute approximate surface area is 249 Å². The van der Waals surface area contributed by atoms with Crippen LogP contribution in [0.2, 0.25) is 0 Å². The molecule has 0 atom stereocenters. The van der Waals surface area contributed by atoms with Crippen LogP contribution in [-0.4, -0.2) is 44.4 Å². The molecule has 0 amide bonds. The predicted octanol–water partition coefficient (Wildman–Crippen LogP) is 6.59. The number of aryl methyl sites for hydroxylation is 2. The Balaban J connectivity index is 1.15. The van der Waals surface area contributed by atoms with Gasteiger partial charge >= 0.3 is 5.97 Å². The van der Waals surface area contributed by atoms with Gasteiger partial charge in [-0.3, -0.25) is 0 Å². The molecule has 42 heavy (non-hydrogen) atoms. The molecule has 0 fully saturated rings. The number of nitrogens with zero attached hydrogens (tertiary/aromatic N) is 5. The second-order valence-corrected chi connectivity index (χ2v) is 11.6. The number of rotatable bonds is 9. The summed E-state index contributed by atoms with van der Waals surface area (Å²) in [5.74, 6) is 5.38. The molecule has 212 valence electrons. The molecule has 1 aliphatic rings. The minimum atomic E-state index is -1.09. The van der Waals surface area contributed by atoms with E-state index in [0.29, 0.717) is 46.6 Å². The summed E-state index contributed by atoms with van der Waals surface area (Å²) >= 11 is 2.87. The quantitative estimate of drug-likeness (QED) is 0.143. The van der Waals surface area contributed by atoms with Crippen molar-refractivity contribution in [3.8, 4) is 17.6 Å². The maximum Gasteiger partial charge on any atom is 0.355 e. The summed E-state index contributed by atoms with van der Waals surface area (Å²) in [6.45, 7) is 2.57. The van der Waals surface area contributed by atoms with Gasteiger partial charge in [-0.05, 0) is 69.0 Å². The van der Waals surface area contributed by atoms with Crippen LogP contribution < -0.4 is 15.0 Å². The van der Waals surface area contributed by atoms with Crippen molar-refractivity contribution in [1.29, 1.82) is 0 Å². The maximum atomic E-state index is 14.3. The summed E-state index contributed by atoms with van der Waals surface area (Å²) < 4.78 is 21.0. The number of hydrogen-bond donors (Lipinski definition) is 2. The van der Waals surface area contributed by atoms with E-state index in [4.69, 9.17) is 4.74 Å². The van der Waals surface area contributed by atoms with Gasteiger partial charge < -0.3 is 20.1 Å². The summed E-state index contributed by atoms with van der Waals surface area (Å²) in [6, 6.07) is 14.5. The van der Waals surface area contributed by atoms with Crippen molar-refractivity contribution in [1.82, 2.24) is 20.2 Å². The number of benzene rings is 2. The van der Waals surface area contributed by atoms with Crippen molar-refractivity contribution in [3.05, 3.63) is 76.0 Å². The van der Waals surface area contributed by atoms with E-state index in [1.54, 1.807) is 30.4 Å². The molecule has 1 aliphatic heterocycles. The highest BCUT2D eigenvalue weighted by molar-refractivity contribution is 7.22. The number of carbonyl (C=O) groups is 1. The molecule has 2 N–H and O–H groups in total. The van der Waals surface area contributed by atoms with Gasteiger partial charge in [0.25, 0.3) is 0 Å². The first-order valence-corrected chi connectivity index (χ1v) is 15.0. The Morgan fingerprint density at radius 3 is 2.86 bits per heavy atom. The maximum absolute atomic E-state index is 14.3. The number of nitrogens with one attached hydrogen (secondary N) is 1. The van der Waals surface area contributed by atoms with Crippen LogP contribution in [0.15, 0.2) is 48.5 Å². The highest BCUT2D eigenvalue weighted by Gasteiger charge is 2.27. The number of ether oxygens (including phenoxy) is 1. The van der Waals surface area contributed by atoms with E-state index in [2.05, 4.69) is 37.3 Å². The molecule has 0 saturated carbocycles. The largest absolute Gasteiger partial charge is 0.491 e. The highest BCUT2D eigenvalue weighted by atomic mass is 32.1. The smallest absolute Gasteiger partial charge is 0.355 e. The van der Waals surface area contributed by atoms with E-state index >= 15 is 0 Å². The van der Waals surface area contributed by atoms with Crippen LogP contribution in [0.4, 0.5) is 26.3 Å². The number of hydrogen-bond acceptors (Lipinski definition) is 10. The lowest BCUT2D eigenvalue weighted by Gasteiger charge is -2.27. The fraction of sp³-hybridized carbons (Fsp3) is 0.233. The van der Waals surface area contributed by atoms with Gasteiger partial charge in [0.2, 0.25) is 0 Å². The molecule has 2 aromatic carbocycles. The van der Waals surface area contributed by atoms with E-state index in [-0.39, 0.29) is 18.1 Å². The summed E-state index contributed by atoms with van der Waals surface area (Å²) in [4.78, 5) is 23.7. The van der Waals surface area contributed by atoms with Crippen LogP contribution in [0.5, 0.6) is 5.75 Å². The third-order valence-corrected chi connectivity index (χ3v) is 8.68. The molecule has 0 unspecified atom stereocenters. The Morgan fingerprint density at radius 1 is 1.17 bits per heavy atom. The second-order valence-electron chi connectivity index (χ2n) is 9.49. The molecule has 9 nitrogen and oxygen atoms in total. The lowest BCUT2D eigenvalue weighted by Crippen LogP contribution is -2.26. The van der Waals surface area contributed by atoms with Crippen molar-refractivity contribution in [2.45, 2.75) is 32.6 Å². The highest BCUT2D eigenvalue weighted by Crippen LogP contribution is 2.37. The van der Waals surface area contributed by atoms with Crippen LogP contribution >= 0.6 is 22.7 Å². The van der Waals surface area contributed by atoms with Gasteiger partial charge in [-0.25, -0.2) is 19.2 Å². The number of anilines is 4. The van der Waals surface area contributed by atoms with Crippen molar-refractivity contribution >= 4 is 60.8 Å². The molecule has 0 radical (unpaired) electrons. The number of carboxylic acids is 1. The summed E-state index contributed by atoms with van der Waals surface area (Å²) in [7, 11) is 0. The summed E-state index contributed by atoms with van der Waals surface area (Å²) in [5, 5.41) is 23.3. The first-order chi connectivity index (χ1) is 20.5. The molecule has 4 heterocycles. The van der Waals surface area contributed by atoms with Gasteiger partial charge in [0, 0.05) is 22.5 Å². The average Bonchev–Trinajstić information content (AvgIpc) is 3.60. The Morgan fingerprint density at radius 2 is 2.05 bits per heavy atom. The molecule has 3 aromatic heterocycles. The molecule has 0 bridgehead atoms. The van der Waals surface area contributed by atoms with Gasteiger partial charge in [-0.1, -0.05) is 29.4 Å². The molecule has 0 aliphatic carbocycles. The van der Waals surface area contributed by atoms with Crippen molar-refractivity contribution in [2.24, 2.45) is 0 Å². The number of carboxylic acid groups (broad SMARTS) is 1. The Hall–Kier alpha value is -4.60. The van der Waals surface area contributed by atoms with Gasteiger partial charge in [-0.15, -0.1) is 27.5 Å². The fourth-order valence-corrected chi connectivity index (χ4v) is 6.69. The Kier molecular flexibility index (Phi) is 7.94. The zero-order valence-electron chi connectivity index (χ0n) is 22.6. The number of aromatic nitrogens is 4. The number of thiazole rings is 2. The number of fused-ring (bicyclic) bond motifs is 2. The SMILES string of the molecule is CC#Cc1ccc(OCCCc2sc(N3CCCc4cc(Nc5nc6ccccc6s5)nnc43)nc2C(=O)O)c(F)c1. The van der Waals surface area contributed by atoms with Crippen LogP contribution in [0, 0.1) is 17.7 Å². The van der Waals surface area contributed by atoms with Crippen molar-refractivity contribution < 1.29 is 19.0 Å². The molecular formula is C30H25FN6O3S2. The second kappa shape index (κ2) is 12.1. The van der Waals surface area contributed by atoms with Gasteiger partial charge in [0.1, 0.15) is 0 Å².